The molecule has 0 aliphatic heterocycles. The predicted molar refractivity (Wildman–Crippen MR) is 108 cm³/mol. The maximum Gasteiger partial charge on any atom is 0.220 e. The van der Waals surface area contributed by atoms with Gasteiger partial charge in [0.1, 0.15) is 5.82 Å². The minimum Gasteiger partial charge on any atom is -0.355 e. The zero-order valence-electron chi connectivity index (χ0n) is 15.8. The van der Waals surface area contributed by atoms with Crippen molar-refractivity contribution >= 4 is 11.7 Å². The summed E-state index contributed by atoms with van der Waals surface area (Å²) < 4.78 is 0. The Morgan fingerprint density at radius 2 is 2.00 bits per heavy atom. The largest absolute Gasteiger partial charge is 0.355 e. The van der Waals surface area contributed by atoms with Gasteiger partial charge in [0.15, 0.2) is 0 Å². The highest BCUT2D eigenvalue weighted by molar-refractivity contribution is 5.76. The molecule has 1 amide bonds. The molecule has 4 nitrogen and oxygen atoms in total. The molecule has 1 aromatic heterocycles. The summed E-state index contributed by atoms with van der Waals surface area (Å²) in [5, 5.41) is 3.11. The number of allylic oxidation sites excluding steroid dienone is 2. The van der Waals surface area contributed by atoms with Crippen molar-refractivity contribution in [2.45, 2.75) is 32.4 Å². The number of rotatable bonds is 7. The first kappa shape index (κ1) is 17.8. The number of benzene rings is 1. The fraction of sp³-hybridized carbons (Fsp3) is 0.391. The van der Waals surface area contributed by atoms with E-state index in [2.05, 4.69) is 39.5 Å². The normalized spacial score (nSPS) is 22.8. The summed E-state index contributed by atoms with van der Waals surface area (Å²) in [4.78, 5) is 19.1. The van der Waals surface area contributed by atoms with Crippen LogP contribution in [0.3, 0.4) is 0 Å². The van der Waals surface area contributed by atoms with Gasteiger partial charge in [0, 0.05) is 38.3 Å². The third kappa shape index (κ3) is 4.21. The predicted octanol–water partition coefficient (Wildman–Crippen LogP) is 3.94. The topological polar surface area (TPSA) is 45.2 Å². The van der Waals surface area contributed by atoms with E-state index < -0.39 is 0 Å². The van der Waals surface area contributed by atoms with Gasteiger partial charge in [0.25, 0.3) is 0 Å². The summed E-state index contributed by atoms with van der Waals surface area (Å²) in [7, 11) is 2.04. The van der Waals surface area contributed by atoms with Crippen LogP contribution in [-0.2, 0) is 17.9 Å². The maximum absolute atomic E-state index is 12.5. The van der Waals surface area contributed by atoms with Crippen LogP contribution < -0.4 is 10.2 Å². The van der Waals surface area contributed by atoms with Crippen LogP contribution >= 0.6 is 0 Å². The lowest BCUT2D eigenvalue weighted by Crippen LogP contribution is -2.28. The molecule has 2 bridgehead atoms. The van der Waals surface area contributed by atoms with E-state index in [1.54, 1.807) is 0 Å². The molecule has 0 saturated heterocycles. The van der Waals surface area contributed by atoms with Crippen LogP contribution in [-0.4, -0.2) is 17.9 Å². The van der Waals surface area contributed by atoms with Gasteiger partial charge in [-0.25, -0.2) is 4.98 Å². The molecular formula is C23H27N3O. The molecule has 2 aliphatic rings. The number of hydrogen-bond donors (Lipinski definition) is 1. The molecule has 2 aliphatic carbocycles. The molecule has 3 atom stereocenters. The maximum atomic E-state index is 12.5. The monoisotopic (exact) mass is 361 g/mol. The Morgan fingerprint density at radius 3 is 2.74 bits per heavy atom. The fourth-order valence-electron chi connectivity index (χ4n) is 4.48. The average molecular weight is 361 g/mol. The van der Waals surface area contributed by atoms with Gasteiger partial charge in [0.05, 0.1) is 0 Å². The Balaban J connectivity index is 1.35. The summed E-state index contributed by atoms with van der Waals surface area (Å²) in [5.41, 5.74) is 2.29. The lowest BCUT2D eigenvalue weighted by Gasteiger charge is -2.22. The van der Waals surface area contributed by atoms with Gasteiger partial charge in [-0.15, -0.1) is 0 Å². The molecule has 1 saturated carbocycles. The fourth-order valence-corrected chi connectivity index (χ4v) is 4.48. The Kier molecular flexibility index (Phi) is 5.23. The molecule has 4 rings (SSSR count). The molecular weight excluding hydrogens is 334 g/mol. The van der Waals surface area contributed by atoms with Crippen molar-refractivity contribution in [1.82, 2.24) is 10.3 Å². The van der Waals surface area contributed by atoms with E-state index in [4.69, 9.17) is 0 Å². The number of nitrogens with one attached hydrogen (secondary N) is 1. The second kappa shape index (κ2) is 7.95. The highest BCUT2D eigenvalue weighted by atomic mass is 16.1. The molecule has 140 valence electrons. The van der Waals surface area contributed by atoms with Gasteiger partial charge in [-0.3, -0.25) is 4.79 Å². The second-order valence-electron chi connectivity index (χ2n) is 7.85. The van der Waals surface area contributed by atoms with Crippen LogP contribution in [0, 0.1) is 17.8 Å². The number of fused-ring (bicyclic) bond motifs is 2. The average Bonchev–Trinajstić information content (AvgIpc) is 3.30. The SMILES string of the molecule is CN(Cc1ccccc1)c1ncccc1CNC(=O)C[C@@H]1C[C@@H]2C=C[C@H]1C2. The van der Waals surface area contributed by atoms with E-state index >= 15 is 0 Å². The molecule has 1 aromatic carbocycles. The first-order chi connectivity index (χ1) is 13.2. The van der Waals surface area contributed by atoms with Crippen molar-refractivity contribution in [3.05, 3.63) is 71.9 Å². The molecule has 1 fully saturated rings. The van der Waals surface area contributed by atoms with E-state index in [9.17, 15) is 4.79 Å². The molecule has 0 radical (unpaired) electrons. The minimum absolute atomic E-state index is 0.154. The molecule has 27 heavy (non-hydrogen) atoms. The molecule has 2 aromatic rings. The van der Waals surface area contributed by atoms with Crippen LogP contribution in [0.15, 0.2) is 60.8 Å². The van der Waals surface area contributed by atoms with Gasteiger partial charge in [-0.05, 0) is 42.2 Å². The number of carbonyl (C=O) groups is 1. The summed E-state index contributed by atoms with van der Waals surface area (Å²) in [6.07, 6.45) is 9.50. The van der Waals surface area contributed by atoms with Crippen molar-refractivity contribution in [2.75, 3.05) is 11.9 Å². The van der Waals surface area contributed by atoms with E-state index in [0.717, 1.165) is 17.9 Å². The van der Waals surface area contributed by atoms with Crippen LogP contribution in [0.25, 0.3) is 0 Å². The lowest BCUT2D eigenvalue weighted by atomic mass is 9.90. The Morgan fingerprint density at radius 1 is 1.15 bits per heavy atom. The molecule has 1 heterocycles. The van der Waals surface area contributed by atoms with E-state index in [0.29, 0.717) is 30.7 Å². The van der Waals surface area contributed by atoms with Crippen LogP contribution in [0.1, 0.15) is 30.4 Å². The van der Waals surface area contributed by atoms with Crippen molar-refractivity contribution in [3.63, 3.8) is 0 Å². The van der Waals surface area contributed by atoms with Gasteiger partial charge in [-0.2, -0.15) is 0 Å². The second-order valence-corrected chi connectivity index (χ2v) is 7.85. The van der Waals surface area contributed by atoms with Crippen LogP contribution in [0.5, 0.6) is 0 Å². The number of amides is 1. The first-order valence-electron chi connectivity index (χ1n) is 9.83. The lowest BCUT2D eigenvalue weighted by molar-refractivity contribution is -0.122. The minimum atomic E-state index is 0.154. The van der Waals surface area contributed by atoms with Crippen LogP contribution in [0.4, 0.5) is 5.82 Å². The van der Waals surface area contributed by atoms with E-state index in [-0.39, 0.29) is 5.91 Å². The Labute approximate surface area is 161 Å². The van der Waals surface area contributed by atoms with Crippen molar-refractivity contribution < 1.29 is 4.79 Å². The number of anilines is 1. The Bertz CT molecular complexity index is 817. The standard InChI is InChI=1S/C23H27N3O/c1-26(16-17-6-3-2-4-7-17)23-20(8-5-11-24-23)15-25-22(27)14-21-13-18-9-10-19(21)12-18/h2-11,18-19,21H,12-16H2,1H3,(H,25,27)/t18-,19+,21+/m1/s1. The quantitative estimate of drug-likeness (QED) is 0.760. The van der Waals surface area contributed by atoms with Gasteiger partial charge >= 0.3 is 0 Å². The van der Waals surface area contributed by atoms with E-state index in [1.807, 2.05) is 43.6 Å². The molecule has 4 heteroatoms. The molecule has 1 N–H and O–H groups in total. The smallest absolute Gasteiger partial charge is 0.220 e. The van der Waals surface area contributed by atoms with Crippen LogP contribution in [0.2, 0.25) is 0 Å². The van der Waals surface area contributed by atoms with Gasteiger partial charge < -0.3 is 10.2 Å². The van der Waals surface area contributed by atoms with Crippen molar-refractivity contribution in [1.29, 1.82) is 0 Å². The third-order valence-electron chi connectivity index (χ3n) is 5.83. The number of pyridine rings is 1. The zero-order chi connectivity index (χ0) is 18.6. The summed E-state index contributed by atoms with van der Waals surface area (Å²) >= 11 is 0. The number of aromatic nitrogens is 1. The zero-order valence-corrected chi connectivity index (χ0v) is 15.8. The highest BCUT2D eigenvalue weighted by Crippen LogP contribution is 2.44. The first-order valence-corrected chi connectivity index (χ1v) is 9.83. The van der Waals surface area contributed by atoms with E-state index in [1.165, 1.54) is 18.4 Å². The number of hydrogen-bond acceptors (Lipinski definition) is 3. The highest BCUT2D eigenvalue weighted by Gasteiger charge is 2.36. The summed E-state index contributed by atoms with van der Waals surface area (Å²) in [5.74, 6) is 2.93. The summed E-state index contributed by atoms with van der Waals surface area (Å²) in [6.45, 7) is 1.31. The van der Waals surface area contributed by atoms with Crippen molar-refractivity contribution in [2.24, 2.45) is 17.8 Å². The molecule has 0 spiro atoms. The Hall–Kier alpha value is -2.62. The van der Waals surface area contributed by atoms with Gasteiger partial charge in [0.2, 0.25) is 5.91 Å². The van der Waals surface area contributed by atoms with Crippen molar-refractivity contribution in [3.8, 4) is 0 Å². The summed E-state index contributed by atoms with van der Waals surface area (Å²) in [6, 6.07) is 14.3. The van der Waals surface area contributed by atoms with Gasteiger partial charge in [-0.1, -0.05) is 48.6 Å². The molecule has 0 unspecified atom stereocenters. The number of carbonyl (C=O) groups excluding carboxylic acids is 1. The third-order valence-corrected chi connectivity index (χ3v) is 5.83. The number of nitrogens with zero attached hydrogens (tertiary/aromatic N) is 2.